The molecule has 1 aliphatic rings. The van der Waals surface area contributed by atoms with Crippen LogP contribution in [0.4, 0.5) is 0 Å². The van der Waals surface area contributed by atoms with Crippen molar-refractivity contribution in [2.45, 2.75) is 31.0 Å². The number of nitrogens with zero attached hydrogens (tertiary/aromatic N) is 2. The summed E-state index contributed by atoms with van der Waals surface area (Å²) in [6, 6.07) is 0. The maximum atomic E-state index is 4.56. The van der Waals surface area contributed by atoms with Crippen LogP contribution in [0.25, 0.3) is 0 Å². The van der Waals surface area contributed by atoms with Crippen molar-refractivity contribution in [3.05, 3.63) is 17.2 Å². The molecule has 1 saturated carbocycles. The average Bonchev–Trinajstić information content (AvgIpc) is 2.71. The first kappa shape index (κ1) is 8.30. The van der Waals surface area contributed by atoms with E-state index < -0.39 is 0 Å². The van der Waals surface area contributed by atoms with Gasteiger partial charge in [0.1, 0.15) is 5.82 Å². The summed E-state index contributed by atoms with van der Waals surface area (Å²) in [5.41, 5.74) is 2.42. The number of hydrogen-bond donors (Lipinski definition) is 0. The van der Waals surface area contributed by atoms with Crippen LogP contribution in [0, 0.1) is 13.8 Å². The zero-order valence-corrected chi connectivity index (χ0v) is 9.27. The van der Waals surface area contributed by atoms with Gasteiger partial charge in [0, 0.05) is 12.7 Å². The molecule has 2 nitrogen and oxygen atoms in total. The van der Waals surface area contributed by atoms with E-state index in [1.54, 1.807) is 0 Å². The lowest BCUT2D eigenvalue weighted by Crippen LogP contribution is -2.06. The first-order chi connectivity index (χ1) is 5.54. The Hall–Kier alpha value is -0.310. The summed E-state index contributed by atoms with van der Waals surface area (Å²) in [6.07, 6.45) is 2.44. The normalized spacial score (nSPS) is 19.7. The minimum absolute atomic E-state index is 0.209. The lowest BCUT2D eigenvalue weighted by molar-refractivity contribution is 0.759. The predicted octanol–water partition coefficient (Wildman–Crippen LogP) is 2.42. The van der Waals surface area contributed by atoms with Gasteiger partial charge in [-0.3, -0.25) is 0 Å². The number of hydrogen-bond acceptors (Lipinski definition) is 1. The van der Waals surface area contributed by atoms with Gasteiger partial charge in [-0.05, 0) is 26.7 Å². The molecular weight excluding hydrogens is 216 g/mol. The number of rotatable bonds is 1. The number of alkyl halides is 1. The highest BCUT2D eigenvalue weighted by Crippen LogP contribution is 2.53. The molecule has 0 saturated heterocycles. The van der Waals surface area contributed by atoms with Gasteiger partial charge in [0.25, 0.3) is 0 Å². The number of imidazole rings is 1. The smallest absolute Gasteiger partial charge is 0.125 e. The number of aromatic nitrogens is 2. The van der Waals surface area contributed by atoms with Gasteiger partial charge < -0.3 is 4.57 Å². The van der Waals surface area contributed by atoms with Crippen LogP contribution in [0.3, 0.4) is 0 Å². The van der Waals surface area contributed by atoms with E-state index >= 15 is 0 Å². The first-order valence-electron chi connectivity index (χ1n) is 4.24. The second kappa shape index (κ2) is 2.34. The number of halogens is 1. The summed E-state index contributed by atoms with van der Waals surface area (Å²) >= 11 is 3.71. The fourth-order valence-corrected chi connectivity index (χ4v) is 2.00. The van der Waals surface area contributed by atoms with Gasteiger partial charge in [-0.1, -0.05) is 15.9 Å². The quantitative estimate of drug-likeness (QED) is 0.676. The van der Waals surface area contributed by atoms with Crippen LogP contribution in [-0.4, -0.2) is 9.55 Å². The molecule has 1 aromatic heterocycles. The standard InChI is InChI=1S/C9H13BrN2/c1-6-7(2)12(3)8(11-6)9(10)4-5-9/h4-5H2,1-3H3. The predicted molar refractivity (Wildman–Crippen MR) is 52.5 cm³/mol. The Morgan fingerprint density at radius 1 is 1.42 bits per heavy atom. The second-order valence-electron chi connectivity index (χ2n) is 3.63. The molecule has 66 valence electrons. The molecular formula is C9H13BrN2. The van der Waals surface area contributed by atoms with E-state index in [1.165, 1.54) is 24.4 Å². The van der Waals surface area contributed by atoms with Crippen molar-refractivity contribution >= 4 is 15.9 Å². The molecule has 2 rings (SSSR count). The molecule has 0 N–H and O–H groups in total. The van der Waals surface area contributed by atoms with Crippen LogP contribution in [0.1, 0.15) is 30.1 Å². The molecule has 1 aromatic rings. The summed E-state index contributed by atoms with van der Waals surface area (Å²) < 4.78 is 2.40. The summed E-state index contributed by atoms with van der Waals surface area (Å²) in [5.74, 6) is 1.19. The van der Waals surface area contributed by atoms with Crippen molar-refractivity contribution in [1.29, 1.82) is 0 Å². The fraction of sp³-hybridized carbons (Fsp3) is 0.667. The summed E-state index contributed by atoms with van der Waals surface area (Å²) in [5, 5.41) is 0. The number of aryl methyl sites for hydroxylation is 1. The molecule has 0 bridgehead atoms. The Labute approximate surface area is 81.1 Å². The van der Waals surface area contributed by atoms with E-state index in [9.17, 15) is 0 Å². The van der Waals surface area contributed by atoms with Gasteiger partial charge in [-0.2, -0.15) is 0 Å². The van der Waals surface area contributed by atoms with Crippen LogP contribution in [0.15, 0.2) is 0 Å². The van der Waals surface area contributed by atoms with Gasteiger partial charge in [0.2, 0.25) is 0 Å². The van der Waals surface area contributed by atoms with Crippen molar-refractivity contribution in [3.63, 3.8) is 0 Å². The van der Waals surface area contributed by atoms with Crippen LogP contribution < -0.4 is 0 Å². The molecule has 0 atom stereocenters. The van der Waals surface area contributed by atoms with Gasteiger partial charge in [0.15, 0.2) is 0 Å². The molecule has 3 heteroatoms. The Bertz CT molecular complexity index is 324. The third-order valence-corrected chi connectivity index (χ3v) is 3.86. The van der Waals surface area contributed by atoms with E-state index in [-0.39, 0.29) is 4.32 Å². The van der Waals surface area contributed by atoms with E-state index in [1.807, 2.05) is 0 Å². The molecule has 0 spiro atoms. The van der Waals surface area contributed by atoms with Gasteiger partial charge in [-0.15, -0.1) is 0 Å². The SMILES string of the molecule is Cc1nc(C2(Br)CC2)n(C)c1C. The molecule has 1 fully saturated rings. The highest BCUT2D eigenvalue weighted by Gasteiger charge is 2.45. The van der Waals surface area contributed by atoms with Crippen LogP contribution in [0.2, 0.25) is 0 Å². The van der Waals surface area contributed by atoms with Crippen LogP contribution >= 0.6 is 15.9 Å². The third-order valence-electron chi connectivity index (χ3n) is 2.71. The molecule has 12 heavy (non-hydrogen) atoms. The Morgan fingerprint density at radius 2 is 2.00 bits per heavy atom. The van der Waals surface area contributed by atoms with Crippen molar-refractivity contribution in [3.8, 4) is 0 Å². The first-order valence-corrected chi connectivity index (χ1v) is 5.03. The van der Waals surface area contributed by atoms with E-state index in [2.05, 4.69) is 46.4 Å². The Balaban J connectivity index is 2.51. The fourth-order valence-electron chi connectivity index (χ4n) is 1.45. The summed E-state index contributed by atoms with van der Waals surface area (Å²) in [6.45, 7) is 4.18. The molecule has 0 unspecified atom stereocenters. The van der Waals surface area contributed by atoms with Gasteiger partial charge in [0.05, 0.1) is 10.0 Å². The molecule has 0 aromatic carbocycles. The lowest BCUT2D eigenvalue weighted by atomic mass is 10.4. The van der Waals surface area contributed by atoms with E-state index in [4.69, 9.17) is 0 Å². The highest BCUT2D eigenvalue weighted by molar-refractivity contribution is 9.09. The maximum Gasteiger partial charge on any atom is 0.125 e. The molecule has 1 aliphatic carbocycles. The molecule has 0 amide bonds. The monoisotopic (exact) mass is 228 g/mol. The van der Waals surface area contributed by atoms with E-state index in [0.29, 0.717) is 0 Å². The molecule has 0 radical (unpaired) electrons. The van der Waals surface area contributed by atoms with Crippen molar-refractivity contribution in [2.75, 3.05) is 0 Å². The molecule has 0 aliphatic heterocycles. The van der Waals surface area contributed by atoms with Crippen LogP contribution in [-0.2, 0) is 11.4 Å². The van der Waals surface area contributed by atoms with E-state index in [0.717, 1.165) is 5.69 Å². The van der Waals surface area contributed by atoms with Gasteiger partial charge >= 0.3 is 0 Å². The Morgan fingerprint density at radius 3 is 2.33 bits per heavy atom. The largest absolute Gasteiger partial charge is 0.334 e. The topological polar surface area (TPSA) is 17.8 Å². The highest BCUT2D eigenvalue weighted by atomic mass is 79.9. The lowest BCUT2D eigenvalue weighted by Gasteiger charge is -2.06. The minimum Gasteiger partial charge on any atom is -0.334 e. The zero-order chi connectivity index (χ0) is 8.93. The zero-order valence-electron chi connectivity index (χ0n) is 7.69. The third kappa shape index (κ3) is 1.03. The Kier molecular flexibility index (Phi) is 1.62. The van der Waals surface area contributed by atoms with Crippen molar-refractivity contribution in [1.82, 2.24) is 9.55 Å². The summed E-state index contributed by atoms with van der Waals surface area (Å²) in [7, 11) is 2.09. The molecule has 1 heterocycles. The van der Waals surface area contributed by atoms with Crippen molar-refractivity contribution < 1.29 is 0 Å². The maximum absolute atomic E-state index is 4.56. The van der Waals surface area contributed by atoms with Crippen LogP contribution in [0.5, 0.6) is 0 Å². The summed E-state index contributed by atoms with van der Waals surface area (Å²) in [4.78, 5) is 4.56. The van der Waals surface area contributed by atoms with Gasteiger partial charge in [-0.25, -0.2) is 4.98 Å². The average molecular weight is 229 g/mol. The minimum atomic E-state index is 0.209. The second-order valence-corrected chi connectivity index (χ2v) is 5.15. The van der Waals surface area contributed by atoms with Crippen molar-refractivity contribution in [2.24, 2.45) is 7.05 Å².